The predicted molar refractivity (Wildman–Crippen MR) is 102 cm³/mol. The minimum absolute atomic E-state index is 0.00286. The number of carboxylic acids is 1. The first kappa shape index (κ1) is 16.9. The zero-order valence-corrected chi connectivity index (χ0v) is 13.7. The zero-order valence-electron chi connectivity index (χ0n) is 13.7. The Morgan fingerprint density at radius 2 is 1.15 bits per heavy atom. The molecule has 0 saturated heterocycles. The number of hydrogen-bond donors (Lipinski definition) is 2. The highest BCUT2D eigenvalue weighted by molar-refractivity contribution is 5.94. The van der Waals surface area contributed by atoms with Crippen LogP contribution in [0.4, 0.5) is 0 Å². The highest BCUT2D eigenvalue weighted by Gasteiger charge is 2.16. The Labute approximate surface area is 151 Å². The Bertz CT molecular complexity index is 982. The number of phenolic OH excluding ortho intramolecular Hbond substituents is 1. The summed E-state index contributed by atoms with van der Waals surface area (Å²) in [6.45, 7) is 0. The second-order valence-corrected chi connectivity index (χ2v) is 5.67. The van der Waals surface area contributed by atoms with E-state index in [2.05, 4.69) is 11.8 Å². The molecular weight excluding hydrogens is 324 g/mol. The molecule has 0 aliphatic heterocycles. The van der Waals surface area contributed by atoms with Crippen molar-refractivity contribution >= 4 is 5.97 Å². The summed E-state index contributed by atoms with van der Waals surface area (Å²) in [7, 11) is 0. The van der Waals surface area contributed by atoms with Crippen molar-refractivity contribution in [3.8, 4) is 52.7 Å². The van der Waals surface area contributed by atoms with Crippen molar-refractivity contribution in [2.75, 3.05) is 0 Å². The van der Waals surface area contributed by atoms with Gasteiger partial charge in [-0.25, -0.2) is 4.79 Å². The van der Waals surface area contributed by atoms with E-state index in [0.29, 0.717) is 33.4 Å². The van der Waals surface area contributed by atoms with E-state index in [9.17, 15) is 15.0 Å². The van der Waals surface area contributed by atoms with Gasteiger partial charge in [0.2, 0.25) is 0 Å². The van der Waals surface area contributed by atoms with Crippen molar-refractivity contribution < 1.29 is 15.0 Å². The van der Waals surface area contributed by atoms with Crippen LogP contribution in [0.5, 0.6) is 5.75 Å². The first-order valence-corrected chi connectivity index (χ1v) is 7.78. The molecule has 0 atom stereocenters. The van der Waals surface area contributed by atoms with E-state index >= 15 is 0 Å². The lowest BCUT2D eigenvalue weighted by Crippen LogP contribution is -1.98. The average Bonchev–Trinajstić information content (AvgIpc) is 2.68. The van der Waals surface area contributed by atoms with Crippen LogP contribution in [-0.2, 0) is 0 Å². The number of terminal acetylenes is 2. The lowest BCUT2D eigenvalue weighted by atomic mass is 9.93. The van der Waals surface area contributed by atoms with Gasteiger partial charge in [0.15, 0.2) is 0 Å². The first-order valence-electron chi connectivity index (χ1n) is 7.78. The van der Waals surface area contributed by atoms with Gasteiger partial charge in [0.05, 0.1) is 5.56 Å². The summed E-state index contributed by atoms with van der Waals surface area (Å²) in [6.07, 6.45) is 10.7. The second-order valence-electron chi connectivity index (χ2n) is 5.67. The quantitative estimate of drug-likeness (QED) is 0.697. The summed E-state index contributed by atoms with van der Waals surface area (Å²) in [5.74, 6) is 3.97. The van der Waals surface area contributed by atoms with E-state index in [4.69, 9.17) is 12.8 Å². The van der Waals surface area contributed by atoms with Crippen LogP contribution in [0.25, 0.3) is 22.3 Å². The van der Waals surface area contributed by atoms with Crippen molar-refractivity contribution in [2.24, 2.45) is 0 Å². The molecule has 0 aliphatic carbocycles. The van der Waals surface area contributed by atoms with Crippen molar-refractivity contribution in [3.63, 3.8) is 0 Å². The zero-order chi connectivity index (χ0) is 18.7. The monoisotopic (exact) mass is 338 g/mol. The molecule has 0 saturated carbocycles. The molecule has 0 spiro atoms. The van der Waals surface area contributed by atoms with Crippen LogP contribution in [-0.4, -0.2) is 16.2 Å². The molecule has 2 N–H and O–H groups in total. The molecule has 0 radical (unpaired) electrons. The molecule has 3 nitrogen and oxygen atoms in total. The Kier molecular flexibility index (Phi) is 4.48. The molecule has 0 amide bonds. The Hall–Kier alpha value is -3.95. The number of rotatable bonds is 3. The molecule has 124 valence electrons. The minimum Gasteiger partial charge on any atom is -0.507 e. The molecule has 0 bridgehead atoms. The number of phenols is 1. The summed E-state index contributed by atoms with van der Waals surface area (Å²) >= 11 is 0. The smallest absolute Gasteiger partial charge is 0.335 e. The molecule has 0 unspecified atom stereocenters. The average molecular weight is 338 g/mol. The van der Waals surface area contributed by atoms with Crippen molar-refractivity contribution in [2.45, 2.75) is 0 Å². The maximum Gasteiger partial charge on any atom is 0.335 e. The third-order valence-electron chi connectivity index (χ3n) is 4.08. The maximum absolute atomic E-state index is 11.5. The van der Waals surface area contributed by atoms with Crippen LogP contribution in [0, 0.1) is 24.7 Å². The largest absolute Gasteiger partial charge is 0.507 e. The Morgan fingerprint density at radius 3 is 1.46 bits per heavy atom. The van der Waals surface area contributed by atoms with E-state index in [1.54, 1.807) is 48.5 Å². The molecule has 3 rings (SSSR count). The molecule has 3 heteroatoms. The van der Waals surface area contributed by atoms with Gasteiger partial charge >= 0.3 is 5.97 Å². The van der Waals surface area contributed by atoms with Crippen LogP contribution in [0.2, 0.25) is 0 Å². The maximum atomic E-state index is 11.5. The minimum atomic E-state index is -1.08. The number of aromatic hydroxyl groups is 1. The Balaban J connectivity index is 2.21. The van der Waals surface area contributed by atoms with E-state index < -0.39 is 5.97 Å². The first-order chi connectivity index (χ1) is 12.5. The van der Waals surface area contributed by atoms with Gasteiger partial charge in [0.1, 0.15) is 5.75 Å². The summed E-state index contributed by atoms with van der Waals surface area (Å²) in [4.78, 5) is 11.5. The third-order valence-corrected chi connectivity index (χ3v) is 4.08. The summed E-state index contributed by atoms with van der Waals surface area (Å²) in [5.41, 5.74) is 3.67. The molecule has 0 fully saturated rings. The third kappa shape index (κ3) is 3.15. The van der Waals surface area contributed by atoms with E-state index in [1.807, 2.05) is 0 Å². The van der Waals surface area contributed by atoms with Gasteiger partial charge in [-0.3, -0.25) is 0 Å². The predicted octanol–water partition coefficient (Wildman–Crippen LogP) is 4.39. The van der Waals surface area contributed by atoms with Gasteiger partial charge in [0.25, 0.3) is 0 Å². The highest BCUT2D eigenvalue weighted by atomic mass is 16.4. The molecule has 0 aromatic heterocycles. The van der Waals surface area contributed by atoms with Crippen LogP contribution < -0.4 is 0 Å². The van der Waals surface area contributed by atoms with Crippen molar-refractivity contribution in [1.82, 2.24) is 0 Å². The van der Waals surface area contributed by atoms with Gasteiger partial charge in [0, 0.05) is 22.3 Å². The molecule has 0 aliphatic rings. The fourth-order valence-corrected chi connectivity index (χ4v) is 2.69. The van der Waals surface area contributed by atoms with E-state index in [-0.39, 0.29) is 11.3 Å². The molecule has 0 heterocycles. The van der Waals surface area contributed by atoms with Crippen LogP contribution >= 0.6 is 0 Å². The van der Waals surface area contributed by atoms with Gasteiger partial charge in [-0.05, 0) is 47.5 Å². The van der Waals surface area contributed by atoms with Crippen LogP contribution in [0.3, 0.4) is 0 Å². The number of aromatic carboxylic acids is 1. The van der Waals surface area contributed by atoms with Gasteiger partial charge in [-0.2, -0.15) is 0 Å². The topological polar surface area (TPSA) is 57.5 Å². The molecule has 3 aromatic carbocycles. The second kappa shape index (κ2) is 6.89. The fourth-order valence-electron chi connectivity index (χ4n) is 2.69. The lowest BCUT2D eigenvalue weighted by Gasteiger charge is -2.13. The Morgan fingerprint density at radius 1 is 0.769 bits per heavy atom. The SMILES string of the molecule is C#Cc1ccc(-c2cc(C(=O)O)cc(-c3ccc(C#C)cc3)c2O)cc1. The van der Waals surface area contributed by atoms with Gasteiger partial charge in [-0.1, -0.05) is 36.1 Å². The van der Waals surface area contributed by atoms with Crippen LogP contribution in [0.1, 0.15) is 21.5 Å². The number of benzene rings is 3. The van der Waals surface area contributed by atoms with Gasteiger partial charge in [-0.15, -0.1) is 12.8 Å². The number of carboxylic acid groups (broad SMARTS) is 1. The number of carbonyl (C=O) groups is 1. The van der Waals surface area contributed by atoms with Crippen molar-refractivity contribution in [3.05, 3.63) is 77.4 Å². The van der Waals surface area contributed by atoms with E-state index in [1.165, 1.54) is 12.1 Å². The van der Waals surface area contributed by atoms with Crippen molar-refractivity contribution in [1.29, 1.82) is 0 Å². The normalized spacial score (nSPS) is 9.92. The summed E-state index contributed by atoms with van der Waals surface area (Å²) in [6, 6.07) is 16.9. The summed E-state index contributed by atoms with van der Waals surface area (Å²) < 4.78 is 0. The lowest BCUT2D eigenvalue weighted by molar-refractivity contribution is 0.0697. The fraction of sp³-hybridized carbons (Fsp3) is 0. The van der Waals surface area contributed by atoms with Gasteiger partial charge < -0.3 is 10.2 Å². The standard InChI is InChI=1S/C23H14O3/c1-3-15-5-9-17(10-6-15)20-13-19(23(25)26)14-21(22(20)24)18-11-7-16(4-2)8-12-18/h1-2,5-14,24H,(H,25,26). The molecule has 26 heavy (non-hydrogen) atoms. The van der Waals surface area contributed by atoms with Crippen LogP contribution in [0.15, 0.2) is 60.7 Å². The highest BCUT2D eigenvalue weighted by Crippen LogP contribution is 2.39. The molecular formula is C23H14O3. The number of hydrogen-bond acceptors (Lipinski definition) is 2. The van der Waals surface area contributed by atoms with E-state index in [0.717, 1.165) is 0 Å². The summed E-state index contributed by atoms with van der Waals surface area (Å²) in [5, 5.41) is 20.2. The molecule has 3 aromatic rings.